The quantitative estimate of drug-likeness (QED) is 0.561. The summed E-state index contributed by atoms with van der Waals surface area (Å²) in [6.45, 7) is 21.2. The number of carbonyl (C=O) groups is 1. The molecule has 0 bridgehead atoms. The summed E-state index contributed by atoms with van der Waals surface area (Å²) in [7, 11) is -1.80. The monoisotopic (exact) mass is 327 g/mol. The van der Waals surface area contributed by atoms with Gasteiger partial charge in [-0.05, 0) is 45.3 Å². The topological polar surface area (TPSA) is 38.8 Å². The van der Waals surface area contributed by atoms with Gasteiger partial charge >= 0.3 is 6.09 Å². The lowest BCUT2D eigenvalue weighted by Gasteiger charge is -2.48. The SMILES string of the molecule is C=C[C@H]1C[C@@H](CO[Si](C)(C)C(C)(C)C)N1C(=O)OC(C)(C)C. The normalized spacial score (nSPS) is 23.0. The Bertz CT molecular complexity index is 421. The van der Waals surface area contributed by atoms with Crippen LogP contribution in [0.15, 0.2) is 12.7 Å². The third kappa shape index (κ3) is 4.59. The van der Waals surface area contributed by atoms with Crippen LogP contribution < -0.4 is 0 Å². The number of hydrogen-bond acceptors (Lipinski definition) is 3. The summed E-state index contributed by atoms with van der Waals surface area (Å²) >= 11 is 0. The Morgan fingerprint density at radius 2 is 1.82 bits per heavy atom. The highest BCUT2D eigenvalue weighted by Gasteiger charge is 2.44. The Morgan fingerprint density at radius 3 is 2.23 bits per heavy atom. The molecule has 1 fully saturated rings. The molecule has 2 atom stereocenters. The minimum Gasteiger partial charge on any atom is -0.444 e. The van der Waals surface area contributed by atoms with Gasteiger partial charge in [0.25, 0.3) is 0 Å². The number of likely N-dealkylation sites (tertiary alicyclic amines) is 1. The average molecular weight is 328 g/mol. The number of amides is 1. The van der Waals surface area contributed by atoms with Gasteiger partial charge in [0, 0.05) is 0 Å². The van der Waals surface area contributed by atoms with E-state index in [-0.39, 0.29) is 23.2 Å². The zero-order chi connectivity index (χ0) is 17.3. The van der Waals surface area contributed by atoms with E-state index in [4.69, 9.17) is 9.16 Å². The fraction of sp³-hybridized carbons (Fsp3) is 0.824. The zero-order valence-corrected chi connectivity index (χ0v) is 16.5. The Labute approximate surface area is 137 Å². The van der Waals surface area contributed by atoms with Crippen molar-refractivity contribution in [1.82, 2.24) is 4.90 Å². The highest BCUT2D eigenvalue weighted by Crippen LogP contribution is 2.38. The summed E-state index contributed by atoms with van der Waals surface area (Å²) in [5.41, 5.74) is -0.483. The Hall–Kier alpha value is -0.813. The molecule has 1 aliphatic rings. The molecule has 0 N–H and O–H groups in total. The second-order valence-electron chi connectivity index (χ2n) is 8.65. The molecule has 22 heavy (non-hydrogen) atoms. The lowest BCUT2D eigenvalue weighted by atomic mass is 9.94. The van der Waals surface area contributed by atoms with Crippen molar-refractivity contribution in [3.8, 4) is 0 Å². The average Bonchev–Trinajstić information content (AvgIpc) is 2.23. The van der Waals surface area contributed by atoms with Gasteiger partial charge in [0.15, 0.2) is 8.32 Å². The van der Waals surface area contributed by atoms with Gasteiger partial charge in [0.1, 0.15) is 5.60 Å². The van der Waals surface area contributed by atoms with Crippen LogP contribution in [0.2, 0.25) is 18.1 Å². The van der Waals surface area contributed by atoms with Crippen molar-refractivity contribution in [3.05, 3.63) is 12.7 Å². The summed E-state index contributed by atoms with van der Waals surface area (Å²) in [4.78, 5) is 14.1. The van der Waals surface area contributed by atoms with E-state index in [0.717, 1.165) is 6.42 Å². The van der Waals surface area contributed by atoms with E-state index < -0.39 is 13.9 Å². The largest absolute Gasteiger partial charge is 0.444 e. The standard InChI is InChI=1S/C17H33NO3Si/c1-10-13-11-14(12-20-22(8,9)17(5,6)7)18(13)15(19)21-16(2,3)4/h10,13-14H,1,11-12H2,2-9H3/t13-,14-/m0/s1. The van der Waals surface area contributed by atoms with Gasteiger partial charge in [-0.15, -0.1) is 6.58 Å². The highest BCUT2D eigenvalue weighted by molar-refractivity contribution is 6.74. The molecule has 1 amide bonds. The number of nitrogens with zero attached hydrogens (tertiary/aromatic N) is 1. The molecule has 0 radical (unpaired) electrons. The molecule has 4 nitrogen and oxygen atoms in total. The fourth-order valence-electron chi connectivity index (χ4n) is 2.12. The number of carbonyl (C=O) groups excluding carboxylic acids is 1. The first-order valence-corrected chi connectivity index (χ1v) is 11.0. The molecule has 0 saturated carbocycles. The van der Waals surface area contributed by atoms with Crippen LogP contribution in [0.4, 0.5) is 4.79 Å². The maximum Gasteiger partial charge on any atom is 0.411 e. The molecule has 0 aliphatic carbocycles. The molecule has 1 aliphatic heterocycles. The fourth-order valence-corrected chi connectivity index (χ4v) is 3.16. The summed E-state index contributed by atoms with van der Waals surface area (Å²) in [6.07, 6.45) is 2.44. The summed E-state index contributed by atoms with van der Waals surface area (Å²) in [6, 6.07) is 0.148. The molecule has 1 rings (SSSR count). The van der Waals surface area contributed by atoms with Crippen molar-refractivity contribution in [2.75, 3.05) is 6.61 Å². The molecule has 0 aromatic heterocycles. The Morgan fingerprint density at radius 1 is 1.27 bits per heavy atom. The van der Waals surface area contributed by atoms with Crippen LogP contribution in [0, 0.1) is 0 Å². The maximum absolute atomic E-state index is 12.4. The van der Waals surface area contributed by atoms with Crippen molar-refractivity contribution in [3.63, 3.8) is 0 Å². The molecule has 0 spiro atoms. The summed E-state index contributed by atoms with van der Waals surface area (Å²) in [5.74, 6) is 0. The van der Waals surface area contributed by atoms with Crippen molar-refractivity contribution in [2.45, 2.75) is 83.8 Å². The summed E-state index contributed by atoms with van der Waals surface area (Å²) in [5, 5.41) is 0.172. The number of ether oxygens (including phenoxy) is 1. The Kier molecular flexibility index (Phi) is 5.56. The molecular weight excluding hydrogens is 294 g/mol. The third-order valence-corrected chi connectivity index (χ3v) is 9.08. The maximum atomic E-state index is 12.4. The van der Waals surface area contributed by atoms with Gasteiger partial charge in [-0.2, -0.15) is 0 Å². The molecule has 1 heterocycles. The van der Waals surface area contributed by atoms with Gasteiger partial charge < -0.3 is 9.16 Å². The van der Waals surface area contributed by atoms with Gasteiger partial charge in [-0.3, -0.25) is 4.90 Å². The highest BCUT2D eigenvalue weighted by atomic mass is 28.4. The molecule has 0 unspecified atom stereocenters. The molecule has 0 aromatic carbocycles. The molecule has 1 saturated heterocycles. The van der Waals surface area contributed by atoms with Crippen LogP contribution in [0.5, 0.6) is 0 Å². The predicted octanol–water partition coefficient (Wildman–Crippen LogP) is 4.57. The Balaban J connectivity index is 2.68. The number of hydrogen-bond donors (Lipinski definition) is 0. The molecule has 0 aromatic rings. The van der Waals surface area contributed by atoms with Crippen molar-refractivity contribution < 1.29 is 14.0 Å². The van der Waals surface area contributed by atoms with E-state index in [2.05, 4.69) is 40.4 Å². The second kappa shape index (κ2) is 6.36. The van der Waals surface area contributed by atoms with Crippen molar-refractivity contribution in [2.24, 2.45) is 0 Å². The third-order valence-electron chi connectivity index (χ3n) is 4.58. The van der Waals surface area contributed by atoms with Crippen molar-refractivity contribution >= 4 is 14.4 Å². The molecule has 5 heteroatoms. The lowest BCUT2D eigenvalue weighted by molar-refractivity contribution is -0.0318. The molecule has 128 valence electrons. The second-order valence-corrected chi connectivity index (χ2v) is 13.5. The zero-order valence-electron chi connectivity index (χ0n) is 15.5. The minimum absolute atomic E-state index is 0.0582. The van der Waals surface area contributed by atoms with Gasteiger partial charge in [0.2, 0.25) is 0 Å². The van der Waals surface area contributed by atoms with Crippen molar-refractivity contribution in [1.29, 1.82) is 0 Å². The minimum atomic E-state index is -1.80. The first-order chi connectivity index (χ1) is 9.78. The number of rotatable bonds is 4. The van der Waals surface area contributed by atoms with Crippen LogP contribution in [-0.4, -0.2) is 43.6 Å². The van der Waals surface area contributed by atoms with Crippen LogP contribution in [-0.2, 0) is 9.16 Å². The van der Waals surface area contributed by atoms with Crippen LogP contribution in [0.3, 0.4) is 0 Å². The van der Waals surface area contributed by atoms with E-state index in [0.29, 0.717) is 6.61 Å². The van der Waals surface area contributed by atoms with Crippen LogP contribution in [0.25, 0.3) is 0 Å². The van der Waals surface area contributed by atoms with Crippen LogP contribution in [0.1, 0.15) is 48.0 Å². The first-order valence-electron chi connectivity index (χ1n) is 8.06. The van der Waals surface area contributed by atoms with Gasteiger partial charge in [-0.1, -0.05) is 26.8 Å². The smallest absolute Gasteiger partial charge is 0.411 e. The van der Waals surface area contributed by atoms with E-state index in [1.165, 1.54) is 0 Å². The van der Waals surface area contributed by atoms with E-state index in [1.807, 2.05) is 26.8 Å². The lowest BCUT2D eigenvalue weighted by Crippen LogP contribution is -2.61. The van der Waals surface area contributed by atoms with Gasteiger partial charge in [-0.25, -0.2) is 4.79 Å². The predicted molar refractivity (Wildman–Crippen MR) is 93.6 cm³/mol. The van der Waals surface area contributed by atoms with E-state index >= 15 is 0 Å². The molecular formula is C17H33NO3Si. The first kappa shape index (κ1) is 19.2. The summed E-state index contributed by atoms with van der Waals surface area (Å²) < 4.78 is 11.8. The van der Waals surface area contributed by atoms with Gasteiger partial charge in [0.05, 0.1) is 18.7 Å². The van der Waals surface area contributed by atoms with E-state index in [9.17, 15) is 4.79 Å². The van der Waals surface area contributed by atoms with Crippen LogP contribution >= 0.6 is 0 Å². The van der Waals surface area contributed by atoms with E-state index in [1.54, 1.807) is 4.90 Å².